The van der Waals surface area contributed by atoms with Gasteiger partial charge in [0.1, 0.15) is 5.82 Å². The van der Waals surface area contributed by atoms with E-state index in [1.807, 2.05) is 25.3 Å². The third-order valence-electron chi connectivity index (χ3n) is 3.39. The van der Waals surface area contributed by atoms with Crippen molar-refractivity contribution >= 4 is 0 Å². The molecule has 1 atom stereocenters. The molecule has 108 valence electrons. The molecule has 2 heterocycles. The van der Waals surface area contributed by atoms with Gasteiger partial charge in [-0.05, 0) is 19.3 Å². The quantitative estimate of drug-likeness (QED) is 0.856. The van der Waals surface area contributed by atoms with E-state index < -0.39 is 12.3 Å². The molecule has 1 N–H and O–H groups in total. The maximum absolute atomic E-state index is 12.7. The monoisotopic (exact) mass is 276 g/mol. The van der Waals surface area contributed by atoms with Gasteiger partial charge in [0.25, 0.3) is 0 Å². The van der Waals surface area contributed by atoms with Gasteiger partial charge in [-0.3, -0.25) is 0 Å². The number of hydrogen-bond acceptors (Lipinski definition) is 2. The first-order valence-corrected chi connectivity index (χ1v) is 6.47. The highest BCUT2D eigenvalue weighted by Gasteiger charge is 2.44. The van der Waals surface area contributed by atoms with Gasteiger partial charge in [-0.15, -0.1) is 0 Å². The van der Waals surface area contributed by atoms with Crippen LogP contribution in [0.2, 0.25) is 0 Å². The zero-order chi connectivity index (χ0) is 14.4. The molecule has 0 aliphatic carbocycles. The van der Waals surface area contributed by atoms with Crippen molar-refractivity contribution in [2.45, 2.75) is 64.3 Å². The first kappa shape index (κ1) is 14.4. The van der Waals surface area contributed by atoms with Crippen LogP contribution in [0.3, 0.4) is 0 Å². The summed E-state index contributed by atoms with van der Waals surface area (Å²) in [6, 6.07) is 0. The molecular formula is C13H19F3N2O. The number of rotatable bonds is 1. The van der Waals surface area contributed by atoms with Crippen molar-refractivity contribution in [1.82, 2.24) is 9.55 Å². The molecule has 0 fully saturated rings. The van der Waals surface area contributed by atoms with Crippen LogP contribution in [0.1, 0.15) is 56.9 Å². The second-order valence-corrected chi connectivity index (χ2v) is 6.07. The summed E-state index contributed by atoms with van der Waals surface area (Å²) in [5.74, 6) is 0.625. The predicted molar refractivity (Wildman–Crippen MR) is 64.9 cm³/mol. The Labute approximate surface area is 110 Å². The molecule has 0 aromatic carbocycles. The second-order valence-electron chi connectivity index (χ2n) is 6.07. The fraction of sp³-hybridized carbons (Fsp3) is 0.769. The van der Waals surface area contributed by atoms with E-state index in [0.29, 0.717) is 24.5 Å². The molecule has 1 unspecified atom stereocenters. The molecular weight excluding hydrogens is 257 g/mol. The van der Waals surface area contributed by atoms with E-state index in [2.05, 4.69) is 4.98 Å². The van der Waals surface area contributed by atoms with Gasteiger partial charge in [-0.25, -0.2) is 4.98 Å². The summed E-state index contributed by atoms with van der Waals surface area (Å²) in [5, 5.41) is 9.49. The van der Waals surface area contributed by atoms with E-state index in [1.54, 1.807) is 0 Å². The molecule has 2 rings (SSSR count). The number of fused-ring (bicyclic) bond motifs is 1. The summed E-state index contributed by atoms with van der Waals surface area (Å²) in [5.41, 5.74) is -0.00604. The highest BCUT2D eigenvalue weighted by Crippen LogP contribution is 2.37. The van der Waals surface area contributed by atoms with Crippen LogP contribution < -0.4 is 0 Å². The van der Waals surface area contributed by atoms with Crippen LogP contribution in [0.25, 0.3) is 0 Å². The van der Waals surface area contributed by atoms with Crippen molar-refractivity contribution in [3.63, 3.8) is 0 Å². The number of hydrogen-bond donors (Lipinski definition) is 1. The maximum atomic E-state index is 12.7. The van der Waals surface area contributed by atoms with Crippen molar-refractivity contribution in [2.24, 2.45) is 0 Å². The van der Waals surface area contributed by atoms with Crippen LogP contribution in [-0.2, 0) is 18.4 Å². The first-order valence-electron chi connectivity index (χ1n) is 6.47. The van der Waals surface area contributed by atoms with Crippen LogP contribution in [0.15, 0.2) is 0 Å². The topological polar surface area (TPSA) is 38.1 Å². The zero-order valence-electron chi connectivity index (χ0n) is 11.4. The lowest BCUT2D eigenvalue weighted by Crippen LogP contribution is -2.23. The van der Waals surface area contributed by atoms with E-state index in [1.165, 1.54) is 0 Å². The van der Waals surface area contributed by atoms with Crippen molar-refractivity contribution in [3.8, 4) is 0 Å². The van der Waals surface area contributed by atoms with Gasteiger partial charge in [0.05, 0.1) is 5.69 Å². The Morgan fingerprint density at radius 3 is 2.37 bits per heavy atom. The molecule has 0 bridgehead atoms. The number of aromatic nitrogens is 2. The second kappa shape index (κ2) is 4.51. The fourth-order valence-corrected chi connectivity index (χ4v) is 2.52. The third kappa shape index (κ3) is 2.63. The molecule has 0 radical (unpaired) electrons. The number of nitrogens with zero attached hydrogens (tertiary/aromatic N) is 2. The van der Waals surface area contributed by atoms with Crippen molar-refractivity contribution in [1.29, 1.82) is 0 Å². The van der Waals surface area contributed by atoms with Crippen molar-refractivity contribution in [2.75, 3.05) is 0 Å². The summed E-state index contributed by atoms with van der Waals surface area (Å²) in [4.78, 5) is 4.12. The molecule has 0 amide bonds. The van der Waals surface area contributed by atoms with Crippen molar-refractivity contribution < 1.29 is 18.3 Å². The molecule has 6 heteroatoms. The highest BCUT2D eigenvalue weighted by molar-refractivity contribution is 5.25. The van der Waals surface area contributed by atoms with Gasteiger partial charge in [0, 0.05) is 17.7 Å². The highest BCUT2D eigenvalue weighted by atomic mass is 19.4. The van der Waals surface area contributed by atoms with E-state index in [9.17, 15) is 18.3 Å². The molecule has 1 aromatic rings. The average Bonchev–Trinajstić information content (AvgIpc) is 2.65. The Hall–Kier alpha value is -1.04. The van der Waals surface area contributed by atoms with Crippen LogP contribution in [0.5, 0.6) is 0 Å². The van der Waals surface area contributed by atoms with Crippen molar-refractivity contribution in [3.05, 3.63) is 17.2 Å². The number of alkyl halides is 3. The van der Waals surface area contributed by atoms with Gasteiger partial charge in [0.2, 0.25) is 0 Å². The summed E-state index contributed by atoms with van der Waals surface area (Å²) < 4.78 is 40.0. The minimum atomic E-state index is -4.66. The summed E-state index contributed by atoms with van der Waals surface area (Å²) in [6.07, 6.45) is -4.82. The lowest BCUT2D eigenvalue weighted by Gasteiger charge is -2.23. The SMILES string of the molecule is CC(C)(C)c1nc(C(O)C(F)(F)F)c2n1CCCC2. The summed E-state index contributed by atoms with van der Waals surface area (Å²) in [7, 11) is 0. The number of halogens is 3. The molecule has 0 saturated heterocycles. The van der Waals surface area contributed by atoms with Gasteiger partial charge in [-0.1, -0.05) is 20.8 Å². The number of aliphatic hydroxyl groups excluding tert-OH is 1. The fourth-order valence-electron chi connectivity index (χ4n) is 2.52. The molecule has 0 spiro atoms. The molecule has 1 aliphatic rings. The van der Waals surface area contributed by atoms with E-state index in [4.69, 9.17) is 0 Å². The lowest BCUT2D eigenvalue weighted by atomic mass is 9.95. The Bertz CT molecular complexity index is 471. The minimum absolute atomic E-state index is 0.211. The van der Waals surface area contributed by atoms with Crippen LogP contribution >= 0.6 is 0 Å². The average molecular weight is 276 g/mol. The van der Waals surface area contributed by atoms with Gasteiger partial charge in [0.15, 0.2) is 6.10 Å². The maximum Gasteiger partial charge on any atom is 0.420 e. The summed E-state index contributed by atoms with van der Waals surface area (Å²) in [6.45, 7) is 6.43. The molecule has 19 heavy (non-hydrogen) atoms. The minimum Gasteiger partial charge on any atom is -0.378 e. The normalized spacial score (nSPS) is 18.3. The Morgan fingerprint density at radius 2 is 1.84 bits per heavy atom. The third-order valence-corrected chi connectivity index (χ3v) is 3.39. The summed E-state index contributed by atoms with van der Waals surface area (Å²) >= 11 is 0. The predicted octanol–water partition coefficient (Wildman–Crippen LogP) is 3.11. The van der Waals surface area contributed by atoms with Gasteiger partial charge >= 0.3 is 6.18 Å². The Kier molecular flexibility index (Phi) is 3.41. The molecule has 0 saturated carbocycles. The van der Waals surface area contributed by atoms with Crippen LogP contribution in [-0.4, -0.2) is 20.8 Å². The van der Waals surface area contributed by atoms with E-state index in [0.717, 1.165) is 12.8 Å². The zero-order valence-corrected chi connectivity index (χ0v) is 11.4. The molecule has 3 nitrogen and oxygen atoms in total. The van der Waals surface area contributed by atoms with Crippen LogP contribution in [0.4, 0.5) is 13.2 Å². The Balaban J connectivity index is 2.54. The van der Waals surface area contributed by atoms with Gasteiger partial charge in [-0.2, -0.15) is 13.2 Å². The Morgan fingerprint density at radius 1 is 1.21 bits per heavy atom. The van der Waals surface area contributed by atoms with E-state index >= 15 is 0 Å². The molecule has 1 aliphatic heterocycles. The van der Waals surface area contributed by atoms with Gasteiger partial charge < -0.3 is 9.67 Å². The largest absolute Gasteiger partial charge is 0.420 e. The number of imidazole rings is 1. The smallest absolute Gasteiger partial charge is 0.378 e. The lowest BCUT2D eigenvalue weighted by molar-refractivity contribution is -0.208. The molecule has 1 aromatic heterocycles. The van der Waals surface area contributed by atoms with E-state index in [-0.39, 0.29) is 11.1 Å². The number of aliphatic hydroxyl groups is 1. The standard InChI is InChI=1S/C13H19F3N2O/c1-12(2,3)11-17-9(10(19)13(14,15)16)8-6-4-5-7-18(8)11/h10,19H,4-7H2,1-3H3. The first-order chi connectivity index (χ1) is 8.62. The van der Waals surface area contributed by atoms with Crippen LogP contribution in [0, 0.1) is 0 Å².